The number of oxazole rings is 1. The quantitative estimate of drug-likeness (QED) is 0.868. The van der Waals surface area contributed by atoms with Crippen LogP contribution in [-0.2, 0) is 6.54 Å². The van der Waals surface area contributed by atoms with Gasteiger partial charge in [-0.15, -0.1) is 0 Å². The van der Waals surface area contributed by atoms with Gasteiger partial charge in [0, 0.05) is 0 Å². The average Bonchev–Trinajstić information content (AvgIpc) is 2.61. The molecule has 96 valence electrons. The fourth-order valence-corrected chi connectivity index (χ4v) is 2.47. The van der Waals surface area contributed by atoms with Crippen LogP contribution in [0.3, 0.4) is 0 Å². The molecule has 4 heteroatoms. The Hall–Kier alpha value is -0.870. The van der Waals surface area contributed by atoms with Gasteiger partial charge in [0.1, 0.15) is 5.76 Å². The normalized spacial score (nSPS) is 18.8. The molecule has 0 radical (unpaired) electrons. The summed E-state index contributed by atoms with van der Waals surface area (Å²) >= 11 is 0. The summed E-state index contributed by atoms with van der Waals surface area (Å²) in [7, 11) is 0. The number of hydrogen-bond donors (Lipinski definition) is 1. The van der Waals surface area contributed by atoms with Crippen molar-refractivity contribution in [1.29, 1.82) is 0 Å². The van der Waals surface area contributed by atoms with Crippen LogP contribution in [0.1, 0.15) is 36.6 Å². The van der Waals surface area contributed by atoms with Crippen LogP contribution in [0.15, 0.2) is 4.42 Å². The molecule has 1 aliphatic rings. The molecule has 0 spiro atoms. The highest BCUT2D eigenvalue weighted by atomic mass is 16.4. The van der Waals surface area contributed by atoms with Crippen molar-refractivity contribution in [2.45, 2.75) is 39.7 Å². The minimum atomic E-state index is 0.822. The lowest BCUT2D eigenvalue weighted by Crippen LogP contribution is -2.33. The summed E-state index contributed by atoms with van der Waals surface area (Å²) in [6, 6.07) is 0. The first kappa shape index (κ1) is 12.6. The van der Waals surface area contributed by atoms with E-state index in [9.17, 15) is 0 Å². The molecule has 0 aliphatic carbocycles. The van der Waals surface area contributed by atoms with E-state index in [2.05, 4.69) is 9.88 Å². The second kappa shape index (κ2) is 5.65. The van der Waals surface area contributed by atoms with Crippen LogP contribution >= 0.6 is 0 Å². The zero-order chi connectivity index (χ0) is 12.3. The van der Waals surface area contributed by atoms with Gasteiger partial charge in [-0.05, 0) is 58.7 Å². The monoisotopic (exact) mass is 237 g/mol. The molecule has 0 saturated carbocycles. The predicted octanol–water partition coefficient (Wildman–Crippen LogP) is 1.85. The third-order valence-electron chi connectivity index (χ3n) is 3.71. The summed E-state index contributed by atoms with van der Waals surface area (Å²) in [5, 5.41) is 0. The molecule has 1 fully saturated rings. The smallest absolute Gasteiger partial charge is 0.208 e. The van der Waals surface area contributed by atoms with Gasteiger partial charge in [-0.25, -0.2) is 4.98 Å². The number of aromatic nitrogens is 1. The summed E-state index contributed by atoms with van der Waals surface area (Å²) < 4.78 is 5.62. The van der Waals surface area contributed by atoms with Crippen LogP contribution in [0.2, 0.25) is 0 Å². The predicted molar refractivity (Wildman–Crippen MR) is 67.6 cm³/mol. The minimum Gasteiger partial charge on any atom is -0.444 e. The molecule has 1 aromatic rings. The van der Waals surface area contributed by atoms with Gasteiger partial charge in [-0.1, -0.05) is 0 Å². The van der Waals surface area contributed by atoms with E-state index in [1.165, 1.54) is 19.3 Å². The van der Waals surface area contributed by atoms with Crippen LogP contribution in [0, 0.1) is 19.8 Å². The Kier molecular flexibility index (Phi) is 4.18. The van der Waals surface area contributed by atoms with Crippen molar-refractivity contribution in [3.63, 3.8) is 0 Å². The van der Waals surface area contributed by atoms with E-state index < -0.39 is 0 Å². The van der Waals surface area contributed by atoms with E-state index in [1.807, 2.05) is 13.8 Å². The topological polar surface area (TPSA) is 55.3 Å². The van der Waals surface area contributed by atoms with Gasteiger partial charge in [0.25, 0.3) is 0 Å². The van der Waals surface area contributed by atoms with Gasteiger partial charge >= 0.3 is 0 Å². The molecule has 1 aromatic heterocycles. The highest BCUT2D eigenvalue weighted by Gasteiger charge is 2.20. The van der Waals surface area contributed by atoms with Crippen molar-refractivity contribution >= 4 is 0 Å². The van der Waals surface area contributed by atoms with Gasteiger partial charge in [-0.3, -0.25) is 4.90 Å². The number of nitrogens with zero attached hydrogens (tertiary/aromatic N) is 2. The van der Waals surface area contributed by atoms with E-state index >= 15 is 0 Å². The maximum atomic E-state index is 5.62. The summed E-state index contributed by atoms with van der Waals surface area (Å²) in [5.41, 5.74) is 6.61. The molecular weight excluding hydrogens is 214 g/mol. The molecule has 0 atom stereocenters. The first-order chi connectivity index (χ1) is 8.19. The fourth-order valence-electron chi connectivity index (χ4n) is 2.47. The third kappa shape index (κ3) is 3.30. The Bertz CT molecular complexity index is 334. The number of likely N-dealkylation sites (tertiary alicyclic amines) is 1. The summed E-state index contributed by atoms with van der Waals surface area (Å²) in [6.45, 7) is 7.93. The minimum absolute atomic E-state index is 0.822. The Morgan fingerprint density at radius 1 is 1.35 bits per heavy atom. The first-order valence-corrected chi connectivity index (χ1v) is 6.54. The lowest BCUT2D eigenvalue weighted by atomic mass is 9.94. The second-order valence-corrected chi connectivity index (χ2v) is 5.05. The highest BCUT2D eigenvalue weighted by Crippen LogP contribution is 2.21. The Balaban J connectivity index is 1.81. The van der Waals surface area contributed by atoms with E-state index in [4.69, 9.17) is 10.2 Å². The van der Waals surface area contributed by atoms with Gasteiger partial charge in [0.05, 0.1) is 12.2 Å². The Morgan fingerprint density at radius 2 is 2.06 bits per heavy atom. The summed E-state index contributed by atoms with van der Waals surface area (Å²) in [6.07, 6.45) is 3.69. The largest absolute Gasteiger partial charge is 0.444 e. The number of nitrogens with two attached hydrogens (primary N) is 1. The standard InChI is InChI=1S/C13H23N3O/c1-10-11(2)17-13(15-10)9-16-7-4-12(3-6-14)5-8-16/h12H,3-9,14H2,1-2H3. The molecule has 0 unspecified atom stereocenters. The van der Waals surface area contributed by atoms with Crippen LogP contribution < -0.4 is 5.73 Å². The third-order valence-corrected chi connectivity index (χ3v) is 3.71. The van der Waals surface area contributed by atoms with Crippen molar-refractivity contribution < 1.29 is 4.42 Å². The summed E-state index contributed by atoms with van der Waals surface area (Å²) in [4.78, 5) is 6.86. The van der Waals surface area contributed by atoms with Crippen LogP contribution in [-0.4, -0.2) is 29.5 Å². The molecular formula is C13H23N3O. The van der Waals surface area contributed by atoms with Gasteiger partial charge in [-0.2, -0.15) is 0 Å². The molecule has 4 nitrogen and oxygen atoms in total. The number of aryl methyl sites for hydroxylation is 2. The molecule has 17 heavy (non-hydrogen) atoms. The van der Waals surface area contributed by atoms with Crippen molar-refractivity contribution in [2.75, 3.05) is 19.6 Å². The maximum absolute atomic E-state index is 5.62. The van der Waals surface area contributed by atoms with Crippen molar-refractivity contribution in [3.05, 3.63) is 17.3 Å². The average molecular weight is 237 g/mol. The van der Waals surface area contributed by atoms with E-state index in [0.29, 0.717) is 0 Å². The molecule has 1 aliphatic heterocycles. The van der Waals surface area contributed by atoms with Gasteiger partial charge in [0.2, 0.25) is 5.89 Å². The Labute approximate surface area is 103 Å². The molecule has 0 aromatic carbocycles. The SMILES string of the molecule is Cc1nc(CN2CCC(CCN)CC2)oc1C. The lowest BCUT2D eigenvalue weighted by Gasteiger charge is -2.30. The molecule has 0 amide bonds. The second-order valence-electron chi connectivity index (χ2n) is 5.05. The van der Waals surface area contributed by atoms with Crippen LogP contribution in [0.25, 0.3) is 0 Å². The molecule has 0 bridgehead atoms. The van der Waals surface area contributed by atoms with E-state index in [0.717, 1.165) is 49.4 Å². The maximum Gasteiger partial charge on any atom is 0.208 e. The molecule has 2 N–H and O–H groups in total. The number of rotatable bonds is 4. The number of hydrogen-bond acceptors (Lipinski definition) is 4. The fraction of sp³-hybridized carbons (Fsp3) is 0.769. The zero-order valence-electron chi connectivity index (χ0n) is 10.9. The highest BCUT2D eigenvalue weighted by molar-refractivity contribution is 5.05. The van der Waals surface area contributed by atoms with Crippen molar-refractivity contribution in [1.82, 2.24) is 9.88 Å². The van der Waals surface area contributed by atoms with Gasteiger partial charge < -0.3 is 10.2 Å². The molecule has 2 heterocycles. The molecule has 2 rings (SSSR count). The van der Waals surface area contributed by atoms with E-state index in [1.54, 1.807) is 0 Å². The first-order valence-electron chi connectivity index (χ1n) is 6.54. The Morgan fingerprint density at radius 3 is 2.59 bits per heavy atom. The number of piperidine rings is 1. The lowest BCUT2D eigenvalue weighted by molar-refractivity contribution is 0.160. The van der Waals surface area contributed by atoms with Gasteiger partial charge in [0.15, 0.2) is 0 Å². The van der Waals surface area contributed by atoms with Crippen molar-refractivity contribution in [3.8, 4) is 0 Å². The zero-order valence-corrected chi connectivity index (χ0v) is 10.9. The van der Waals surface area contributed by atoms with Crippen molar-refractivity contribution in [2.24, 2.45) is 11.7 Å². The molecule has 1 saturated heterocycles. The summed E-state index contributed by atoms with van der Waals surface area (Å²) in [5.74, 6) is 2.62. The van der Waals surface area contributed by atoms with Crippen LogP contribution in [0.5, 0.6) is 0 Å². The van der Waals surface area contributed by atoms with Crippen LogP contribution in [0.4, 0.5) is 0 Å². The van der Waals surface area contributed by atoms with E-state index in [-0.39, 0.29) is 0 Å².